The molecule has 2 aliphatic rings. The maximum Gasteiger partial charge on any atom is 0.277 e. The van der Waals surface area contributed by atoms with Crippen LogP contribution in [0.15, 0.2) is 49.2 Å². The van der Waals surface area contributed by atoms with Crippen molar-refractivity contribution in [2.24, 2.45) is 0 Å². The van der Waals surface area contributed by atoms with Crippen molar-refractivity contribution in [1.29, 1.82) is 0 Å². The highest BCUT2D eigenvalue weighted by Gasteiger charge is 2.30. The Kier molecular flexibility index (Phi) is 4.60. The Labute approximate surface area is 187 Å². The van der Waals surface area contributed by atoms with Gasteiger partial charge in [0.25, 0.3) is 5.91 Å². The molecule has 6 rings (SSSR count). The molecule has 1 amide bonds. The van der Waals surface area contributed by atoms with E-state index in [1.54, 1.807) is 28.0 Å². The molecule has 4 aromatic rings. The van der Waals surface area contributed by atoms with E-state index in [4.69, 9.17) is 0 Å². The quantitative estimate of drug-likeness (QED) is 0.482. The predicted molar refractivity (Wildman–Crippen MR) is 118 cm³/mol. The zero-order valence-corrected chi connectivity index (χ0v) is 17.5. The maximum absolute atomic E-state index is 13.4. The van der Waals surface area contributed by atoms with Crippen molar-refractivity contribution in [3.63, 3.8) is 0 Å². The molecule has 1 fully saturated rings. The summed E-state index contributed by atoms with van der Waals surface area (Å²) in [6, 6.07) is 6.95. The van der Waals surface area contributed by atoms with Gasteiger partial charge in [0.2, 0.25) is 5.95 Å². The van der Waals surface area contributed by atoms with Gasteiger partial charge in [-0.25, -0.2) is 23.9 Å². The molecule has 5 heterocycles. The highest BCUT2D eigenvalue weighted by Crippen LogP contribution is 2.28. The average molecular weight is 445 g/mol. The van der Waals surface area contributed by atoms with Gasteiger partial charge in [-0.2, -0.15) is 4.98 Å². The minimum Gasteiger partial charge on any atom is -0.367 e. The molecular formula is C22H20FN9O. The average Bonchev–Trinajstić information content (AvgIpc) is 3.52. The van der Waals surface area contributed by atoms with Gasteiger partial charge in [0.05, 0.1) is 18.4 Å². The fraction of sp³-hybridized carbons (Fsp3) is 0.273. The van der Waals surface area contributed by atoms with Crippen molar-refractivity contribution in [1.82, 2.24) is 29.5 Å². The molecular weight excluding hydrogens is 425 g/mol. The number of hydrogen-bond acceptors (Lipinski definition) is 8. The molecule has 1 saturated carbocycles. The number of hydrogen-bond donors (Lipinski definition) is 2. The first kappa shape index (κ1) is 19.5. The molecule has 4 aromatic heterocycles. The molecule has 0 aromatic carbocycles. The molecule has 166 valence electrons. The lowest BCUT2D eigenvalue weighted by atomic mass is 10.2. The molecule has 1 aliphatic heterocycles. The largest absolute Gasteiger partial charge is 0.367 e. The SMILES string of the molecule is O=C1c2ncncc2CN1c1ccc(N[C@H]2CC[C@H](Nc3nc4cc(F)ccn4n3)C2)nc1. The number of rotatable bonds is 5. The van der Waals surface area contributed by atoms with Crippen LogP contribution in [-0.4, -0.2) is 47.5 Å². The third kappa shape index (κ3) is 3.71. The topological polar surface area (TPSA) is 113 Å². The van der Waals surface area contributed by atoms with E-state index in [9.17, 15) is 9.18 Å². The molecule has 0 spiro atoms. The lowest BCUT2D eigenvalue weighted by Crippen LogP contribution is -2.24. The van der Waals surface area contributed by atoms with E-state index in [-0.39, 0.29) is 23.8 Å². The second-order valence-electron chi connectivity index (χ2n) is 8.27. The maximum atomic E-state index is 13.4. The van der Waals surface area contributed by atoms with Gasteiger partial charge in [0.15, 0.2) is 5.65 Å². The summed E-state index contributed by atoms with van der Waals surface area (Å²) in [5.41, 5.74) is 2.46. The molecule has 10 nitrogen and oxygen atoms in total. The van der Waals surface area contributed by atoms with Gasteiger partial charge in [-0.15, -0.1) is 5.10 Å². The number of pyridine rings is 2. The number of nitrogens with zero attached hydrogens (tertiary/aromatic N) is 7. The van der Waals surface area contributed by atoms with Crippen LogP contribution in [0.5, 0.6) is 0 Å². The minimum absolute atomic E-state index is 0.136. The summed E-state index contributed by atoms with van der Waals surface area (Å²) >= 11 is 0. The first-order valence-corrected chi connectivity index (χ1v) is 10.7. The smallest absolute Gasteiger partial charge is 0.277 e. The van der Waals surface area contributed by atoms with E-state index in [0.29, 0.717) is 23.8 Å². The van der Waals surface area contributed by atoms with Crippen LogP contribution in [0.25, 0.3) is 5.65 Å². The second kappa shape index (κ2) is 7.76. The molecule has 1 aliphatic carbocycles. The molecule has 0 radical (unpaired) electrons. The van der Waals surface area contributed by atoms with Crippen LogP contribution in [-0.2, 0) is 6.54 Å². The van der Waals surface area contributed by atoms with Crippen LogP contribution < -0.4 is 15.5 Å². The van der Waals surface area contributed by atoms with Crippen LogP contribution >= 0.6 is 0 Å². The standard InChI is InChI=1S/C22H20FN9O/c23-14-5-6-32-19(7-14)29-22(30-32)28-16-2-1-15(8-16)27-18-4-3-17(10-25-18)31-11-13-9-24-12-26-20(13)21(31)33/h3-7,9-10,12,15-16H,1-2,8,11H2,(H,25,27)(H,28,30)/t15-,16-/m0/s1. The number of nitrogens with one attached hydrogen (secondary N) is 2. The second-order valence-corrected chi connectivity index (χ2v) is 8.27. The van der Waals surface area contributed by atoms with E-state index in [2.05, 4.69) is 35.7 Å². The minimum atomic E-state index is -0.336. The fourth-order valence-electron chi connectivity index (χ4n) is 4.43. The summed E-state index contributed by atoms with van der Waals surface area (Å²) in [6.45, 7) is 0.448. The number of carbonyl (C=O) groups is 1. The van der Waals surface area contributed by atoms with Crippen LogP contribution in [0.1, 0.15) is 35.3 Å². The summed E-state index contributed by atoms with van der Waals surface area (Å²) in [7, 11) is 0. The van der Waals surface area contributed by atoms with Crippen molar-refractivity contribution in [2.75, 3.05) is 15.5 Å². The summed E-state index contributed by atoms with van der Waals surface area (Å²) in [6.07, 6.45) is 9.13. The Hall–Kier alpha value is -4.15. The van der Waals surface area contributed by atoms with Crippen molar-refractivity contribution >= 4 is 29.0 Å². The molecule has 33 heavy (non-hydrogen) atoms. The summed E-state index contributed by atoms with van der Waals surface area (Å²) < 4.78 is 14.9. The van der Waals surface area contributed by atoms with Gasteiger partial charge in [-0.05, 0) is 37.5 Å². The van der Waals surface area contributed by atoms with Gasteiger partial charge in [0, 0.05) is 36.1 Å². The molecule has 2 N–H and O–H groups in total. The van der Waals surface area contributed by atoms with E-state index < -0.39 is 0 Å². The van der Waals surface area contributed by atoms with Crippen molar-refractivity contribution in [3.8, 4) is 0 Å². The normalized spacial score (nSPS) is 19.8. The van der Waals surface area contributed by atoms with Gasteiger partial charge in [-0.3, -0.25) is 4.79 Å². The third-order valence-electron chi connectivity index (χ3n) is 6.04. The zero-order valence-electron chi connectivity index (χ0n) is 17.5. The van der Waals surface area contributed by atoms with Crippen LogP contribution in [0, 0.1) is 5.82 Å². The van der Waals surface area contributed by atoms with Gasteiger partial charge in [-0.1, -0.05) is 0 Å². The first-order valence-electron chi connectivity index (χ1n) is 10.7. The van der Waals surface area contributed by atoms with Crippen molar-refractivity contribution in [3.05, 3.63) is 66.3 Å². The number of aromatic nitrogens is 6. The number of carbonyl (C=O) groups excluding carboxylic acids is 1. The zero-order chi connectivity index (χ0) is 22.4. The first-order chi connectivity index (χ1) is 16.1. The lowest BCUT2D eigenvalue weighted by Gasteiger charge is -2.17. The Morgan fingerprint density at radius 2 is 1.94 bits per heavy atom. The van der Waals surface area contributed by atoms with E-state index in [1.807, 2.05) is 12.1 Å². The Morgan fingerprint density at radius 3 is 2.76 bits per heavy atom. The number of anilines is 3. The van der Waals surface area contributed by atoms with Crippen molar-refractivity contribution in [2.45, 2.75) is 37.9 Å². The number of amides is 1. The van der Waals surface area contributed by atoms with Gasteiger partial charge < -0.3 is 15.5 Å². The van der Waals surface area contributed by atoms with Crippen LogP contribution in [0.3, 0.4) is 0 Å². The highest BCUT2D eigenvalue weighted by atomic mass is 19.1. The molecule has 0 bridgehead atoms. The molecule has 0 saturated heterocycles. The van der Waals surface area contributed by atoms with Crippen molar-refractivity contribution < 1.29 is 9.18 Å². The van der Waals surface area contributed by atoms with E-state index >= 15 is 0 Å². The van der Waals surface area contributed by atoms with Crippen LogP contribution in [0.4, 0.5) is 21.8 Å². The predicted octanol–water partition coefficient (Wildman–Crippen LogP) is 2.66. The van der Waals surface area contributed by atoms with E-state index in [1.165, 1.54) is 18.5 Å². The molecule has 11 heteroatoms. The Morgan fingerprint density at radius 1 is 1.06 bits per heavy atom. The van der Waals surface area contributed by atoms with E-state index in [0.717, 1.165) is 36.3 Å². The monoisotopic (exact) mass is 445 g/mol. The molecule has 0 unspecified atom stereocenters. The van der Waals surface area contributed by atoms with Gasteiger partial charge >= 0.3 is 0 Å². The number of halogens is 1. The summed E-state index contributed by atoms with van der Waals surface area (Å²) in [4.78, 5) is 31.2. The molecule has 2 atom stereocenters. The van der Waals surface area contributed by atoms with Crippen LogP contribution in [0.2, 0.25) is 0 Å². The summed E-state index contributed by atoms with van der Waals surface area (Å²) in [5, 5.41) is 11.2. The Balaban J connectivity index is 1.07. The fourth-order valence-corrected chi connectivity index (χ4v) is 4.43. The lowest BCUT2D eigenvalue weighted by molar-refractivity contribution is 0.0992. The number of fused-ring (bicyclic) bond motifs is 2. The third-order valence-corrected chi connectivity index (χ3v) is 6.04. The summed E-state index contributed by atoms with van der Waals surface area (Å²) in [5.74, 6) is 0.782. The van der Waals surface area contributed by atoms with Gasteiger partial charge in [0.1, 0.15) is 23.7 Å². The Bertz CT molecular complexity index is 1340. The highest BCUT2D eigenvalue weighted by molar-refractivity contribution is 6.08.